The molecule has 0 spiro atoms. The molecule has 3 aliphatic rings. The van der Waals surface area contributed by atoms with Crippen LogP contribution in [-0.4, -0.2) is 131 Å². The zero-order chi connectivity index (χ0) is 30.3. The van der Waals surface area contributed by atoms with Crippen molar-refractivity contribution in [3.8, 4) is 0 Å². The summed E-state index contributed by atoms with van der Waals surface area (Å²) in [4.78, 5) is 12.7. The van der Waals surface area contributed by atoms with Crippen molar-refractivity contribution >= 4 is 5.91 Å². The van der Waals surface area contributed by atoms with Crippen molar-refractivity contribution < 1.29 is 49.3 Å². The molecular weight excluding hydrogens is 542 g/mol. The van der Waals surface area contributed by atoms with Crippen LogP contribution in [-0.2, 0) is 23.7 Å². The minimum Gasteiger partial charge on any atom is -0.468 e. The third-order valence-corrected chi connectivity index (χ3v) is 7.88. The van der Waals surface area contributed by atoms with Crippen molar-refractivity contribution in [3.63, 3.8) is 0 Å². The molecule has 238 valence electrons. The van der Waals surface area contributed by atoms with Crippen LogP contribution >= 0.6 is 0 Å². The average molecular weight is 592 g/mol. The van der Waals surface area contributed by atoms with Gasteiger partial charge in [0, 0.05) is 19.1 Å². The number of carbonyl (C=O) groups excluding carboxylic acids is 1. The number of hydrogen-bond acceptors (Lipinski definition) is 14. The Balaban J connectivity index is 1.79. The van der Waals surface area contributed by atoms with Crippen molar-refractivity contribution in [1.82, 2.24) is 10.6 Å². The number of unbranched alkanes of at least 4 members (excludes halogenated alkanes) is 1. The fourth-order valence-corrected chi connectivity index (χ4v) is 5.54. The predicted octanol–water partition coefficient (Wildman–Crippen LogP) is -3.78. The minimum absolute atomic E-state index is 0.0267. The van der Waals surface area contributed by atoms with Crippen LogP contribution in [0.15, 0.2) is 11.8 Å². The van der Waals surface area contributed by atoms with Crippen LogP contribution in [0, 0.1) is 0 Å². The van der Waals surface area contributed by atoms with Crippen LogP contribution in [0.4, 0.5) is 0 Å². The molecule has 13 N–H and O–H groups in total. The van der Waals surface area contributed by atoms with Gasteiger partial charge in [0.2, 0.25) is 12.2 Å². The highest BCUT2D eigenvalue weighted by Crippen LogP contribution is 2.32. The molecule has 15 nitrogen and oxygen atoms in total. The number of rotatable bonds is 13. The Morgan fingerprint density at radius 2 is 1.88 bits per heavy atom. The quantitative estimate of drug-likeness (QED) is 0.0922. The molecule has 2 aliphatic heterocycles. The van der Waals surface area contributed by atoms with E-state index in [-0.39, 0.29) is 32.6 Å². The normalized spacial score (nSPS) is 40.4. The maximum atomic E-state index is 12.7. The monoisotopic (exact) mass is 591 g/mol. The van der Waals surface area contributed by atoms with Gasteiger partial charge in [-0.3, -0.25) is 4.79 Å². The van der Waals surface area contributed by atoms with Crippen molar-refractivity contribution in [2.75, 3.05) is 26.8 Å². The molecule has 41 heavy (non-hydrogen) atoms. The summed E-state index contributed by atoms with van der Waals surface area (Å²) in [5.41, 5.74) is 16.8. The first-order valence-electron chi connectivity index (χ1n) is 14.3. The fraction of sp³-hybridized carbons (Fsp3) is 0.885. The van der Waals surface area contributed by atoms with Gasteiger partial charge < -0.3 is 72.3 Å². The molecule has 0 aromatic carbocycles. The number of amides is 1. The lowest BCUT2D eigenvalue weighted by Gasteiger charge is -2.49. The van der Waals surface area contributed by atoms with E-state index >= 15 is 0 Å². The van der Waals surface area contributed by atoms with Gasteiger partial charge in [0.1, 0.15) is 36.1 Å². The summed E-state index contributed by atoms with van der Waals surface area (Å²) in [5.74, 6) is -0.0519. The summed E-state index contributed by atoms with van der Waals surface area (Å²) in [5, 5.41) is 57.8. The summed E-state index contributed by atoms with van der Waals surface area (Å²) >= 11 is 0. The second-order valence-corrected chi connectivity index (χ2v) is 11.3. The molecule has 2 fully saturated rings. The lowest BCUT2D eigenvalue weighted by Crippen LogP contribution is -2.69. The van der Waals surface area contributed by atoms with E-state index in [1.54, 1.807) is 7.05 Å². The first kappa shape index (κ1) is 34.0. The Kier molecular flexibility index (Phi) is 12.7. The van der Waals surface area contributed by atoms with Crippen LogP contribution in [0.5, 0.6) is 0 Å². The van der Waals surface area contributed by atoms with Gasteiger partial charge in [-0.15, -0.1) is 0 Å². The number of allylic oxidation sites excluding steroid dienone is 1. The van der Waals surface area contributed by atoms with Gasteiger partial charge in [-0.1, -0.05) is 0 Å². The number of hydrogen-bond donors (Lipinski definition) is 10. The first-order valence-corrected chi connectivity index (χ1v) is 14.3. The van der Waals surface area contributed by atoms with Gasteiger partial charge in [0.05, 0.1) is 30.5 Å². The molecule has 0 aromatic rings. The molecule has 2 heterocycles. The third kappa shape index (κ3) is 8.55. The second kappa shape index (κ2) is 15.3. The van der Waals surface area contributed by atoms with E-state index in [4.69, 9.17) is 41.3 Å². The average Bonchev–Trinajstić information content (AvgIpc) is 2.91. The van der Waals surface area contributed by atoms with Crippen molar-refractivity contribution in [3.05, 3.63) is 11.8 Å². The van der Waals surface area contributed by atoms with E-state index < -0.39 is 78.8 Å². The largest absolute Gasteiger partial charge is 0.468 e. The van der Waals surface area contributed by atoms with Crippen LogP contribution < -0.4 is 27.8 Å². The SMILES string of the molecule is CN[C@@H]1[C@@H](O)[C@@H](O[C@@H]2[C@@H](O)[C@H](O[C@H]3OC(CCCCO)=CC[C@H]3N)[C@@H](N)C[C@H]2NC(=O)[C@@H](O)CCN)OC[C@]1(C)O. The van der Waals surface area contributed by atoms with E-state index in [9.17, 15) is 25.2 Å². The lowest BCUT2D eigenvalue weighted by atomic mass is 9.83. The number of carbonyl (C=O) groups is 1. The van der Waals surface area contributed by atoms with Crippen LogP contribution in [0.2, 0.25) is 0 Å². The maximum Gasteiger partial charge on any atom is 0.249 e. The van der Waals surface area contributed by atoms with E-state index in [0.717, 1.165) is 0 Å². The molecular formula is C26H49N5O10. The lowest BCUT2D eigenvalue weighted by molar-refractivity contribution is -0.304. The molecule has 15 heteroatoms. The third-order valence-electron chi connectivity index (χ3n) is 7.88. The molecule has 1 saturated heterocycles. The summed E-state index contributed by atoms with van der Waals surface area (Å²) < 4.78 is 23.8. The Morgan fingerprint density at radius 1 is 1.17 bits per heavy atom. The van der Waals surface area contributed by atoms with E-state index in [1.165, 1.54) is 6.92 Å². The topological polar surface area (TPSA) is 257 Å². The van der Waals surface area contributed by atoms with Crippen molar-refractivity contribution in [2.24, 2.45) is 17.2 Å². The second-order valence-electron chi connectivity index (χ2n) is 11.3. The van der Waals surface area contributed by atoms with Gasteiger partial charge in [-0.05, 0) is 58.7 Å². The molecule has 0 bridgehead atoms. The number of nitrogens with two attached hydrogens (primary N) is 3. The van der Waals surface area contributed by atoms with Gasteiger partial charge in [-0.2, -0.15) is 0 Å². The van der Waals surface area contributed by atoms with Crippen LogP contribution in [0.1, 0.15) is 45.4 Å². The molecule has 1 aliphatic carbocycles. The molecule has 0 unspecified atom stereocenters. The number of likely N-dealkylation sites (N-methyl/N-ethyl adjacent to an activating group) is 1. The van der Waals surface area contributed by atoms with Gasteiger partial charge >= 0.3 is 0 Å². The summed E-state index contributed by atoms with van der Waals surface area (Å²) in [6.07, 6.45) is -4.25. The van der Waals surface area contributed by atoms with E-state index in [2.05, 4.69) is 10.6 Å². The van der Waals surface area contributed by atoms with Crippen LogP contribution in [0.3, 0.4) is 0 Å². The van der Waals surface area contributed by atoms with Gasteiger partial charge in [-0.25, -0.2) is 0 Å². The molecule has 12 atom stereocenters. The Bertz CT molecular complexity index is 867. The molecule has 3 rings (SSSR count). The number of ether oxygens (including phenoxy) is 4. The standard InChI is InChI=1S/C26H49N5O10/c1-26(37)12-38-25(19(35)22(26)30-2)41-21-16(31-23(36)17(33)8-9-27)11-15(29)20(18(21)34)40-24-14(28)7-6-13(39-24)5-3-4-10-32/h6,14-22,24-25,30,32-35,37H,3-5,7-12,27-29H2,1-2H3,(H,31,36)/t14-,15+,16-,17+,18+,19-,20-,21+,22-,24-,25-,26+/m1/s1. The van der Waals surface area contributed by atoms with E-state index in [0.29, 0.717) is 31.4 Å². The number of aliphatic hydroxyl groups is 5. The number of nitrogens with one attached hydrogen (secondary N) is 2. The van der Waals surface area contributed by atoms with Gasteiger partial charge in [0.15, 0.2) is 6.29 Å². The highest BCUT2D eigenvalue weighted by Gasteiger charge is 2.51. The Morgan fingerprint density at radius 3 is 2.54 bits per heavy atom. The molecule has 0 aromatic heterocycles. The summed E-state index contributed by atoms with van der Waals surface area (Å²) in [6.45, 7) is 1.49. The highest BCUT2D eigenvalue weighted by atomic mass is 16.7. The molecule has 0 radical (unpaired) electrons. The summed E-state index contributed by atoms with van der Waals surface area (Å²) in [6, 6.07) is -3.06. The molecule has 1 amide bonds. The first-order chi connectivity index (χ1) is 19.4. The van der Waals surface area contributed by atoms with Crippen molar-refractivity contribution in [1.29, 1.82) is 0 Å². The minimum atomic E-state index is -1.44. The fourth-order valence-electron chi connectivity index (χ4n) is 5.54. The zero-order valence-corrected chi connectivity index (χ0v) is 23.8. The molecule has 1 saturated carbocycles. The van der Waals surface area contributed by atoms with Crippen LogP contribution in [0.25, 0.3) is 0 Å². The maximum absolute atomic E-state index is 12.7. The van der Waals surface area contributed by atoms with Crippen molar-refractivity contribution in [2.45, 2.75) is 118 Å². The zero-order valence-electron chi connectivity index (χ0n) is 23.8. The Labute approximate surface area is 240 Å². The Hall–Kier alpha value is -1.47. The smallest absolute Gasteiger partial charge is 0.249 e. The summed E-state index contributed by atoms with van der Waals surface area (Å²) in [7, 11) is 1.57. The number of aliphatic hydroxyl groups excluding tert-OH is 4. The van der Waals surface area contributed by atoms with Gasteiger partial charge in [0.25, 0.3) is 0 Å². The van der Waals surface area contributed by atoms with E-state index in [1.807, 2.05) is 6.08 Å². The predicted molar refractivity (Wildman–Crippen MR) is 146 cm³/mol. The highest BCUT2D eigenvalue weighted by molar-refractivity contribution is 5.80.